The summed E-state index contributed by atoms with van der Waals surface area (Å²) >= 11 is 0. The highest BCUT2D eigenvalue weighted by Gasteiger charge is 2.36. The van der Waals surface area contributed by atoms with Crippen molar-refractivity contribution >= 4 is 0 Å². The summed E-state index contributed by atoms with van der Waals surface area (Å²) in [6, 6.07) is 3.33. The maximum atomic E-state index is 10.4. The SMILES string of the molecule is CC1(CCCCCCc2c(O)ccc(O)c2CCCCCCC2(C)CC2)CC1. The van der Waals surface area contributed by atoms with Gasteiger partial charge in [0.1, 0.15) is 11.5 Å². The first-order valence-corrected chi connectivity index (χ1v) is 11.9. The zero-order chi connectivity index (χ0) is 20.0. The van der Waals surface area contributed by atoms with E-state index in [1.54, 1.807) is 12.1 Å². The molecule has 2 aliphatic carbocycles. The van der Waals surface area contributed by atoms with Crippen molar-refractivity contribution in [3.05, 3.63) is 23.3 Å². The van der Waals surface area contributed by atoms with Crippen LogP contribution < -0.4 is 0 Å². The van der Waals surface area contributed by atoms with Crippen molar-refractivity contribution in [2.24, 2.45) is 10.8 Å². The van der Waals surface area contributed by atoms with E-state index in [1.165, 1.54) is 77.0 Å². The molecule has 1 aromatic rings. The van der Waals surface area contributed by atoms with Gasteiger partial charge in [-0.2, -0.15) is 0 Å². The van der Waals surface area contributed by atoms with Crippen LogP contribution in [0.3, 0.4) is 0 Å². The number of hydrogen-bond acceptors (Lipinski definition) is 2. The Kier molecular flexibility index (Phi) is 7.34. The van der Waals surface area contributed by atoms with E-state index >= 15 is 0 Å². The Balaban J connectivity index is 1.37. The first-order chi connectivity index (χ1) is 13.4. The zero-order valence-electron chi connectivity index (χ0n) is 18.4. The van der Waals surface area contributed by atoms with E-state index in [2.05, 4.69) is 13.8 Å². The zero-order valence-corrected chi connectivity index (χ0v) is 18.4. The summed E-state index contributed by atoms with van der Waals surface area (Å²) in [5.41, 5.74) is 3.35. The predicted molar refractivity (Wildman–Crippen MR) is 118 cm³/mol. The monoisotopic (exact) mass is 386 g/mol. The van der Waals surface area contributed by atoms with Gasteiger partial charge in [0, 0.05) is 11.1 Å². The second kappa shape index (κ2) is 9.55. The highest BCUT2D eigenvalue weighted by molar-refractivity contribution is 5.47. The average molecular weight is 387 g/mol. The lowest BCUT2D eigenvalue weighted by Gasteiger charge is -2.14. The normalized spacial score (nSPS) is 18.9. The van der Waals surface area contributed by atoms with Gasteiger partial charge in [0.15, 0.2) is 0 Å². The summed E-state index contributed by atoms with van der Waals surface area (Å²) in [6.45, 7) is 4.83. The first kappa shape index (κ1) is 21.5. The minimum atomic E-state index is 0.375. The number of hydrogen-bond donors (Lipinski definition) is 2. The topological polar surface area (TPSA) is 40.5 Å². The Morgan fingerprint density at radius 1 is 0.607 bits per heavy atom. The Labute approximate surface area is 172 Å². The predicted octanol–water partition coefficient (Wildman–Crippen LogP) is 7.68. The Morgan fingerprint density at radius 3 is 1.32 bits per heavy atom. The molecule has 0 spiro atoms. The van der Waals surface area contributed by atoms with Gasteiger partial charge >= 0.3 is 0 Å². The van der Waals surface area contributed by atoms with Crippen LogP contribution in [0.2, 0.25) is 0 Å². The fourth-order valence-electron chi connectivity index (χ4n) is 4.57. The molecule has 3 rings (SSSR count). The highest BCUT2D eigenvalue weighted by atomic mass is 16.3. The standard InChI is InChI=1S/C26H42O2/c1-25(17-18-25)15-9-5-3-7-11-21-22(24(28)14-13-23(21)27)12-8-4-6-10-16-26(2)19-20-26/h13-14,27-28H,3-12,15-20H2,1-2H3. The van der Waals surface area contributed by atoms with E-state index in [4.69, 9.17) is 0 Å². The van der Waals surface area contributed by atoms with Crippen molar-refractivity contribution in [1.82, 2.24) is 0 Å². The number of phenols is 2. The third-order valence-corrected chi connectivity index (χ3v) is 7.50. The lowest BCUT2D eigenvalue weighted by atomic mass is 9.93. The molecule has 0 saturated heterocycles. The van der Waals surface area contributed by atoms with Gasteiger partial charge in [-0.15, -0.1) is 0 Å². The molecule has 2 aliphatic rings. The van der Waals surface area contributed by atoms with Crippen molar-refractivity contribution in [3.8, 4) is 11.5 Å². The summed E-state index contributed by atoms with van der Waals surface area (Å²) in [5.74, 6) is 0.750. The van der Waals surface area contributed by atoms with E-state index in [0.29, 0.717) is 22.3 Å². The van der Waals surface area contributed by atoms with Gasteiger partial charge in [-0.1, -0.05) is 52.4 Å². The number of benzene rings is 1. The summed E-state index contributed by atoms with van der Waals surface area (Å²) in [4.78, 5) is 0. The van der Waals surface area contributed by atoms with Crippen molar-refractivity contribution < 1.29 is 10.2 Å². The molecule has 1 aromatic carbocycles. The van der Waals surface area contributed by atoms with Crippen molar-refractivity contribution in [2.45, 2.75) is 117 Å². The molecular weight excluding hydrogens is 344 g/mol. The molecule has 28 heavy (non-hydrogen) atoms. The minimum absolute atomic E-state index is 0.375. The lowest BCUT2D eigenvalue weighted by molar-refractivity contribution is 0.441. The number of phenolic OH excluding ortho intramolecular Hbond substituents is 2. The van der Waals surface area contributed by atoms with Gasteiger partial charge in [-0.3, -0.25) is 0 Å². The van der Waals surface area contributed by atoms with Gasteiger partial charge in [-0.25, -0.2) is 0 Å². The smallest absolute Gasteiger partial charge is 0.119 e. The summed E-state index contributed by atoms with van der Waals surface area (Å²) in [5, 5.41) is 20.7. The maximum Gasteiger partial charge on any atom is 0.119 e. The van der Waals surface area contributed by atoms with Crippen molar-refractivity contribution in [1.29, 1.82) is 0 Å². The van der Waals surface area contributed by atoms with Crippen LogP contribution >= 0.6 is 0 Å². The van der Waals surface area contributed by atoms with Crippen molar-refractivity contribution in [2.75, 3.05) is 0 Å². The molecule has 0 amide bonds. The molecule has 0 unspecified atom stereocenters. The van der Waals surface area contributed by atoms with Crippen LogP contribution in [0.4, 0.5) is 0 Å². The van der Waals surface area contributed by atoms with Gasteiger partial charge in [0.2, 0.25) is 0 Å². The van der Waals surface area contributed by atoms with Gasteiger partial charge < -0.3 is 10.2 Å². The fraction of sp³-hybridized carbons (Fsp3) is 0.769. The van der Waals surface area contributed by atoms with Gasteiger partial charge in [-0.05, 0) is 87.2 Å². The maximum absolute atomic E-state index is 10.4. The molecule has 158 valence electrons. The van der Waals surface area contributed by atoms with Crippen LogP contribution in [-0.2, 0) is 12.8 Å². The van der Waals surface area contributed by atoms with Crippen LogP contribution in [0.25, 0.3) is 0 Å². The molecule has 2 nitrogen and oxygen atoms in total. The fourth-order valence-corrected chi connectivity index (χ4v) is 4.57. The van der Waals surface area contributed by atoms with E-state index in [-0.39, 0.29) is 0 Å². The van der Waals surface area contributed by atoms with Crippen LogP contribution in [-0.4, -0.2) is 10.2 Å². The molecule has 0 aliphatic heterocycles. The molecule has 2 saturated carbocycles. The Bertz CT molecular complexity index is 571. The third-order valence-electron chi connectivity index (χ3n) is 7.50. The summed E-state index contributed by atoms with van der Waals surface area (Å²) in [6.07, 6.45) is 20.2. The van der Waals surface area contributed by atoms with Gasteiger partial charge in [0.25, 0.3) is 0 Å². The minimum Gasteiger partial charge on any atom is -0.508 e. The molecule has 0 heterocycles. The van der Waals surface area contributed by atoms with E-state index in [0.717, 1.165) is 36.8 Å². The third kappa shape index (κ3) is 6.71. The molecule has 2 heteroatoms. The van der Waals surface area contributed by atoms with E-state index in [9.17, 15) is 10.2 Å². The Hall–Kier alpha value is -1.18. The van der Waals surface area contributed by atoms with Crippen LogP contribution in [0.15, 0.2) is 12.1 Å². The second-order valence-electron chi connectivity index (χ2n) is 10.5. The molecular formula is C26H42O2. The molecule has 2 N–H and O–H groups in total. The number of rotatable bonds is 14. The van der Waals surface area contributed by atoms with Crippen LogP contribution in [0, 0.1) is 10.8 Å². The number of aromatic hydroxyl groups is 2. The number of unbranched alkanes of at least 4 members (excludes halogenated alkanes) is 6. The van der Waals surface area contributed by atoms with Crippen LogP contribution in [0.5, 0.6) is 11.5 Å². The lowest BCUT2D eigenvalue weighted by Crippen LogP contribution is -1.98. The molecule has 0 radical (unpaired) electrons. The van der Waals surface area contributed by atoms with Crippen molar-refractivity contribution in [3.63, 3.8) is 0 Å². The molecule has 0 bridgehead atoms. The molecule has 0 atom stereocenters. The summed E-state index contributed by atoms with van der Waals surface area (Å²) in [7, 11) is 0. The van der Waals surface area contributed by atoms with Crippen LogP contribution in [0.1, 0.15) is 115 Å². The van der Waals surface area contributed by atoms with E-state index in [1.807, 2.05) is 0 Å². The van der Waals surface area contributed by atoms with Gasteiger partial charge in [0.05, 0.1) is 0 Å². The molecule has 0 aromatic heterocycles. The summed E-state index contributed by atoms with van der Waals surface area (Å²) < 4.78 is 0. The molecule has 2 fully saturated rings. The Morgan fingerprint density at radius 2 is 0.964 bits per heavy atom. The highest BCUT2D eigenvalue weighted by Crippen LogP contribution is 2.49. The largest absolute Gasteiger partial charge is 0.508 e. The second-order valence-corrected chi connectivity index (χ2v) is 10.5. The van der Waals surface area contributed by atoms with E-state index < -0.39 is 0 Å². The average Bonchev–Trinajstić information content (AvgIpc) is 3.58. The quantitative estimate of drug-likeness (QED) is 0.254. The first-order valence-electron chi connectivity index (χ1n) is 11.9.